The van der Waals surface area contributed by atoms with Crippen LogP contribution < -0.4 is 10.6 Å². The molecular formula is C16H23N5O2. The van der Waals surface area contributed by atoms with E-state index in [2.05, 4.69) is 20.7 Å². The van der Waals surface area contributed by atoms with Crippen molar-refractivity contribution in [2.75, 3.05) is 18.5 Å². The maximum Gasteiger partial charge on any atom is 0.319 e. The van der Waals surface area contributed by atoms with Gasteiger partial charge in [-0.25, -0.2) is 14.5 Å². The second-order valence-corrected chi connectivity index (χ2v) is 5.70. The molecule has 0 fully saturated rings. The number of hydrogen-bond donors (Lipinski definition) is 3. The van der Waals surface area contributed by atoms with Crippen molar-refractivity contribution in [3.8, 4) is 5.82 Å². The van der Waals surface area contributed by atoms with Crippen LogP contribution in [-0.2, 0) is 0 Å². The van der Waals surface area contributed by atoms with Gasteiger partial charge in [-0.2, -0.15) is 5.10 Å². The molecule has 2 aromatic rings. The molecule has 0 aliphatic carbocycles. The predicted molar refractivity (Wildman–Crippen MR) is 88.7 cm³/mol. The van der Waals surface area contributed by atoms with Crippen LogP contribution in [0.15, 0.2) is 24.4 Å². The van der Waals surface area contributed by atoms with Gasteiger partial charge >= 0.3 is 6.03 Å². The minimum Gasteiger partial charge on any atom is -0.396 e. The second-order valence-electron chi connectivity index (χ2n) is 5.70. The van der Waals surface area contributed by atoms with Gasteiger partial charge in [-0.1, -0.05) is 6.92 Å². The molecule has 0 saturated carbocycles. The van der Waals surface area contributed by atoms with Crippen LogP contribution in [0, 0.1) is 19.8 Å². The second kappa shape index (κ2) is 7.73. The molecule has 1 unspecified atom stereocenters. The number of aromatic nitrogens is 3. The van der Waals surface area contributed by atoms with Crippen LogP contribution in [0.25, 0.3) is 5.82 Å². The number of urea groups is 1. The van der Waals surface area contributed by atoms with Crippen LogP contribution in [0.2, 0.25) is 0 Å². The SMILES string of the molecule is Cc1cc(C)n(-c2ccc(NC(=O)NCC(C)CCO)cn2)n1. The van der Waals surface area contributed by atoms with Crippen molar-refractivity contribution in [3.05, 3.63) is 35.8 Å². The zero-order valence-electron chi connectivity index (χ0n) is 13.7. The minimum absolute atomic E-state index is 0.127. The average Bonchev–Trinajstić information content (AvgIpc) is 2.85. The van der Waals surface area contributed by atoms with Gasteiger partial charge in [-0.3, -0.25) is 0 Å². The molecule has 0 saturated heterocycles. The molecule has 0 aromatic carbocycles. The molecule has 7 heteroatoms. The Labute approximate surface area is 135 Å². The Morgan fingerprint density at radius 3 is 2.74 bits per heavy atom. The zero-order valence-corrected chi connectivity index (χ0v) is 13.7. The lowest BCUT2D eigenvalue weighted by atomic mass is 10.1. The van der Waals surface area contributed by atoms with E-state index in [-0.39, 0.29) is 18.6 Å². The third-order valence-corrected chi connectivity index (χ3v) is 3.47. The molecule has 0 aliphatic heterocycles. The van der Waals surface area contributed by atoms with E-state index < -0.39 is 0 Å². The third-order valence-electron chi connectivity index (χ3n) is 3.47. The lowest BCUT2D eigenvalue weighted by Gasteiger charge is -2.12. The highest BCUT2D eigenvalue weighted by molar-refractivity contribution is 5.89. The monoisotopic (exact) mass is 317 g/mol. The molecule has 3 N–H and O–H groups in total. The van der Waals surface area contributed by atoms with Gasteiger partial charge in [0.1, 0.15) is 0 Å². The fraction of sp³-hybridized carbons (Fsp3) is 0.438. The normalized spacial score (nSPS) is 12.0. The number of carbonyl (C=O) groups excluding carboxylic acids is 1. The number of nitrogens with zero attached hydrogens (tertiary/aromatic N) is 3. The van der Waals surface area contributed by atoms with Crippen molar-refractivity contribution in [1.82, 2.24) is 20.1 Å². The standard InChI is InChI=1S/C16H23N5O2/c1-11(6-7-22)9-18-16(23)19-14-4-5-15(17-10-14)21-13(3)8-12(2)20-21/h4-5,8,10-11,22H,6-7,9H2,1-3H3,(H2,18,19,23). The van der Waals surface area contributed by atoms with Crippen LogP contribution in [-0.4, -0.2) is 39.1 Å². The summed E-state index contributed by atoms with van der Waals surface area (Å²) in [4.78, 5) is 16.1. The number of aryl methyl sites for hydroxylation is 2. The summed E-state index contributed by atoms with van der Waals surface area (Å²) in [6.07, 6.45) is 2.27. The average molecular weight is 317 g/mol. The first kappa shape index (κ1) is 17.0. The molecule has 7 nitrogen and oxygen atoms in total. The maximum atomic E-state index is 11.8. The van der Waals surface area contributed by atoms with E-state index in [1.165, 1.54) is 0 Å². The van der Waals surface area contributed by atoms with Crippen molar-refractivity contribution in [1.29, 1.82) is 0 Å². The molecule has 23 heavy (non-hydrogen) atoms. The van der Waals surface area contributed by atoms with Crippen LogP contribution in [0.1, 0.15) is 24.7 Å². The zero-order chi connectivity index (χ0) is 16.8. The molecule has 2 heterocycles. The van der Waals surface area contributed by atoms with E-state index in [0.717, 1.165) is 11.4 Å². The third kappa shape index (κ3) is 4.79. The fourth-order valence-electron chi connectivity index (χ4n) is 2.21. The summed E-state index contributed by atoms with van der Waals surface area (Å²) in [5.41, 5.74) is 2.55. The minimum atomic E-state index is -0.282. The molecular weight excluding hydrogens is 294 g/mol. The van der Waals surface area contributed by atoms with Crippen molar-refractivity contribution in [3.63, 3.8) is 0 Å². The molecule has 0 bridgehead atoms. The molecule has 0 radical (unpaired) electrons. The predicted octanol–water partition coefficient (Wildman–Crippen LogP) is 2.02. The summed E-state index contributed by atoms with van der Waals surface area (Å²) in [5, 5.41) is 18.7. The molecule has 0 aliphatic rings. The lowest BCUT2D eigenvalue weighted by Crippen LogP contribution is -2.32. The number of rotatable bonds is 6. The molecule has 2 amide bonds. The smallest absolute Gasteiger partial charge is 0.319 e. The topological polar surface area (TPSA) is 92.1 Å². The first-order chi connectivity index (χ1) is 11.0. The molecule has 2 rings (SSSR count). The summed E-state index contributed by atoms with van der Waals surface area (Å²) >= 11 is 0. The number of hydrogen-bond acceptors (Lipinski definition) is 4. The summed E-state index contributed by atoms with van der Waals surface area (Å²) in [6.45, 7) is 6.52. The van der Waals surface area contributed by atoms with E-state index in [4.69, 9.17) is 5.11 Å². The van der Waals surface area contributed by atoms with Crippen molar-refractivity contribution in [2.45, 2.75) is 27.2 Å². The molecule has 0 spiro atoms. The van der Waals surface area contributed by atoms with Crippen molar-refractivity contribution in [2.24, 2.45) is 5.92 Å². The molecule has 2 aromatic heterocycles. The molecule has 1 atom stereocenters. The van der Waals surface area contributed by atoms with Crippen LogP contribution in [0.5, 0.6) is 0 Å². The van der Waals surface area contributed by atoms with Gasteiger partial charge in [0, 0.05) is 18.8 Å². The van der Waals surface area contributed by atoms with E-state index in [9.17, 15) is 4.79 Å². The summed E-state index contributed by atoms with van der Waals surface area (Å²) < 4.78 is 1.76. The van der Waals surface area contributed by atoms with Gasteiger partial charge in [-0.15, -0.1) is 0 Å². The number of pyridine rings is 1. The van der Waals surface area contributed by atoms with E-state index in [1.807, 2.05) is 32.9 Å². The van der Waals surface area contributed by atoms with Gasteiger partial charge < -0.3 is 15.7 Å². The van der Waals surface area contributed by atoms with Crippen LogP contribution in [0.4, 0.5) is 10.5 Å². The molecule has 124 valence electrons. The first-order valence-corrected chi connectivity index (χ1v) is 7.65. The van der Waals surface area contributed by atoms with E-state index >= 15 is 0 Å². The quantitative estimate of drug-likeness (QED) is 0.760. The highest BCUT2D eigenvalue weighted by Gasteiger charge is 2.07. The Morgan fingerprint density at radius 2 is 2.17 bits per heavy atom. The lowest BCUT2D eigenvalue weighted by molar-refractivity contribution is 0.243. The van der Waals surface area contributed by atoms with Gasteiger partial charge in [0.15, 0.2) is 5.82 Å². The summed E-state index contributed by atoms with van der Waals surface area (Å²) in [7, 11) is 0. The fourth-order valence-corrected chi connectivity index (χ4v) is 2.21. The Bertz CT molecular complexity index is 651. The van der Waals surface area contributed by atoms with E-state index in [1.54, 1.807) is 16.9 Å². The highest BCUT2D eigenvalue weighted by atomic mass is 16.3. The number of carbonyl (C=O) groups is 1. The number of aliphatic hydroxyl groups is 1. The Balaban J connectivity index is 1.92. The van der Waals surface area contributed by atoms with Gasteiger partial charge in [-0.05, 0) is 44.4 Å². The maximum absolute atomic E-state index is 11.8. The Kier molecular flexibility index (Phi) is 5.70. The highest BCUT2D eigenvalue weighted by Crippen LogP contribution is 2.12. The summed E-state index contributed by atoms with van der Waals surface area (Å²) in [5.74, 6) is 0.940. The van der Waals surface area contributed by atoms with Gasteiger partial charge in [0.2, 0.25) is 0 Å². The van der Waals surface area contributed by atoms with E-state index in [0.29, 0.717) is 24.5 Å². The largest absolute Gasteiger partial charge is 0.396 e. The van der Waals surface area contributed by atoms with Crippen molar-refractivity contribution < 1.29 is 9.90 Å². The number of amides is 2. The summed E-state index contributed by atoms with van der Waals surface area (Å²) in [6, 6.07) is 5.30. The first-order valence-electron chi connectivity index (χ1n) is 7.65. The van der Waals surface area contributed by atoms with Gasteiger partial charge in [0.05, 0.1) is 17.6 Å². The number of anilines is 1. The Hall–Kier alpha value is -2.41. The number of aliphatic hydroxyl groups excluding tert-OH is 1. The number of nitrogens with one attached hydrogen (secondary N) is 2. The van der Waals surface area contributed by atoms with Crippen LogP contribution >= 0.6 is 0 Å². The van der Waals surface area contributed by atoms with Crippen LogP contribution in [0.3, 0.4) is 0 Å². The van der Waals surface area contributed by atoms with Gasteiger partial charge in [0.25, 0.3) is 0 Å². The Morgan fingerprint density at radius 1 is 1.39 bits per heavy atom. The van der Waals surface area contributed by atoms with Crippen molar-refractivity contribution >= 4 is 11.7 Å².